The smallest absolute Gasteiger partial charge is 0.265 e. The van der Waals surface area contributed by atoms with Crippen molar-refractivity contribution in [3.8, 4) is 5.69 Å². The molecule has 0 bridgehead atoms. The lowest BCUT2D eigenvalue weighted by Crippen LogP contribution is -2.27. The normalized spacial score (nSPS) is 15.2. The van der Waals surface area contributed by atoms with Gasteiger partial charge in [-0.2, -0.15) is 5.10 Å². The molecule has 1 amide bonds. The molecule has 12 heteroatoms. The van der Waals surface area contributed by atoms with Crippen LogP contribution in [0.5, 0.6) is 0 Å². The zero-order valence-electron chi connectivity index (χ0n) is 17.3. The van der Waals surface area contributed by atoms with Gasteiger partial charge in [-0.05, 0) is 24.3 Å². The molecule has 1 unspecified atom stereocenters. The van der Waals surface area contributed by atoms with Crippen molar-refractivity contribution in [3.05, 3.63) is 46.4 Å². The number of carbonyl (C=O) groups excluding carboxylic acids is 1. The molecule has 4 heterocycles. The van der Waals surface area contributed by atoms with E-state index >= 15 is 0 Å². The molecule has 1 aliphatic heterocycles. The highest BCUT2D eigenvalue weighted by Crippen LogP contribution is 2.34. The van der Waals surface area contributed by atoms with E-state index in [0.29, 0.717) is 27.1 Å². The van der Waals surface area contributed by atoms with Crippen molar-refractivity contribution in [2.75, 3.05) is 16.8 Å². The Balaban J connectivity index is 1.41. The molecule has 0 spiro atoms. The maximum atomic E-state index is 13.3. The van der Waals surface area contributed by atoms with Gasteiger partial charge in [0, 0.05) is 12.2 Å². The fraction of sp³-hybridized carbons (Fsp3) is 0.300. The highest BCUT2D eigenvalue weighted by molar-refractivity contribution is 8.01. The number of anilines is 1. The number of aryl methyl sites for hydroxylation is 1. The number of thioether (sulfide) groups is 2. The topological polar surface area (TPSA) is 108 Å². The van der Waals surface area contributed by atoms with Crippen LogP contribution in [-0.2, 0) is 4.79 Å². The van der Waals surface area contributed by atoms with E-state index in [4.69, 9.17) is 4.98 Å². The Hall–Kier alpha value is -2.70. The van der Waals surface area contributed by atoms with Crippen molar-refractivity contribution < 1.29 is 4.79 Å². The van der Waals surface area contributed by atoms with Gasteiger partial charge in [-0.25, -0.2) is 9.67 Å². The van der Waals surface area contributed by atoms with E-state index in [9.17, 15) is 9.59 Å². The van der Waals surface area contributed by atoms with Crippen LogP contribution in [0, 0.1) is 6.92 Å². The molecule has 4 aromatic rings. The minimum Gasteiger partial charge on any atom is -0.300 e. The summed E-state index contributed by atoms with van der Waals surface area (Å²) in [5.41, 5.74) is 2.28. The number of nitrogens with zero attached hydrogens (tertiary/aromatic N) is 6. The van der Waals surface area contributed by atoms with Crippen LogP contribution in [0.3, 0.4) is 0 Å². The third kappa shape index (κ3) is 3.82. The molecule has 0 saturated carbocycles. The van der Waals surface area contributed by atoms with Crippen molar-refractivity contribution >= 4 is 56.9 Å². The van der Waals surface area contributed by atoms with Crippen molar-refractivity contribution in [2.45, 2.75) is 35.8 Å². The zero-order valence-corrected chi connectivity index (χ0v) is 19.8. The number of rotatable bonds is 6. The van der Waals surface area contributed by atoms with Crippen LogP contribution in [0.1, 0.15) is 24.9 Å². The summed E-state index contributed by atoms with van der Waals surface area (Å²) in [5.74, 6) is 1.30. The van der Waals surface area contributed by atoms with Gasteiger partial charge in [-0.15, -0.1) is 10.2 Å². The Morgan fingerprint density at radius 1 is 1.31 bits per heavy atom. The van der Waals surface area contributed by atoms with E-state index in [1.165, 1.54) is 23.1 Å². The molecule has 0 fully saturated rings. The van der Waals surface area contributed by atoms with Gasteiger partial charge >= 0.3 is 0 Å². The van der Waals surface area contributed by atoms with Crippen LogP contribution in [0.4, 0.5) is 5.13 Å². The standard InChI is InChI=1S/C20H19N7O2S3/c1-3-30-20-25-24-18(32-20)22-15(28)8-12-10-31-19-23-16-13(17(29)26(12)19)9-21-27(16)14-7-5-4-6-11(14)2/h4-7,9,12H,3,8,10H2,1-2H3,(H,22,24,28). The number of aromatic nitrogens is 6. The summed E-state index contributed by atoms with van der Waals surface area (Å²) < 4.78 is 4.14. The molecule has 1 N–H and O–H groups in total. The highest BCUT2D eigenvalue weighted by Gasteiger charge is 2.30. The number of carbonyl (C=O) groups is 1. The van der Waals surface area contributed by atoms with Crippen molar-refractivity contribution in [1.29, 1.82) is 0 Å². The van der Waals surface area contributed by atoms with Crippen molar-refractivity contribution in [3.63, 3.8) is 0 Å². The van der Waals surface area contributed by atoms with E-state index < -0.39 is 0 Å². The number of hydrogen-bond donors (Lipinski definition) is 1. The van der Waals surface area contributed by atoms with Crippen LogP contribution in [-0.4, -0.2) is 46.9 Å². The fourth-order valence-corrected chi connectivity index (χ4v) is 6.38. The van der Waals surface area contributed by atoms with Crippen LogP contribution in [0.15, 0.2) is 44.8 Å². The van der Waals surface area contributed by atoms with Gasteiger partial charge in [0.15, 0.2) is 15.1 Å². The lowest BCUT2D eigenvalue weighted by Gasteiger charge is -2.13. The van der Waals surface area contributed by atoms with Crippen LogP contribution in [0.25, 0.3) is 16.7 Å². The molecular weight excluding hydrogens is 466 g/mol. The maximum Gasteiger partial charge on any atom is 0.265 e. The quantitative estimate of drug-likeness (QED) is 0.251. The number of para-hydroxylation sites is 1. The summed E-state index contributed by atoms with van der Waals surface area (Å²) in [6, 6.07) is 7.56. The lowest BCUT2D eigenvalue weighted by molar-refractivity contribution is -0.116. The average molecular weight is 486 g/mol. The predicted molar refractivity (Wildman–Crippen MR) is 127 cm³/mol. The summed E-state index contributed by atoms with van der Waals surface area (Å²) >= 11 is 4.40. The zero-order chi connectivity index (χ0) is 22.2. The monoisotopic (exact) mass is 485 g/mol. The first-order valence-corrected chi connectivity index (χ1v) is 12.8. The van der Waals surface area contributed by atoms with Gasteiger partial charge < -0.3 is 5.32 Å². The molecule has 1 aromatic carbocycles. The van der Waals surface area contributed by atoms with E-state index in [0.717, 1.165) is 21.3 Å². The predicted octanol–water partition coefficient (Wildman–Crippen LogP) is 3.53. The summed E-state index contributed by atoms with van der Waals surface area (Å²) in [4.78, 5) is 30.6. The average Bonchev–Trinajstić information content (AvgIpc) is 3.49. The van der Waals surface area contributed by atoms with Crippen LogP contribution < -0.4 is 10.9 Å². The highest BCUT2D eigenvalue weighted by atomic mass is 32.2. The Morgan fingerprint density at radius 2 is 2.16 bits per heavy atom. The summed E-state index contributed by atoms with van der Waals surface area (Å²) in [6.07, 6.45) is 1.72. The van der Waals surface area contributed by atoms with Gasteiger partial charge in [0.2, 0.25) is 11.0 Å². The molecule has 1 atom stereocenters. The second-order valence-electron chi connectivity index (χ2n) is 7.17. The van der Waals surface area contributed by atoms with Gasteiger partial charge in [-0.1, -0.05) is 60.0 Å². The Morgan fingerprint density at radius 3 is 2.97 bits per heavy atom. The molecule has 9 nitrogen and oxygen atoms in total. The van der Waals surface area contributed by atoms with E-state index in [1.807, 2.05) is 38.1 Å². The second-order valence-corrected chi connectivity index (χ2v) is 10.6. The van der Waals surface area contributed by atoms with Crippen molar-refractivity contribution in [2.24, 2.45) is 0 Å². The van der Waals surface area contributed by atoms with Crippen molar-refractivity contribution in [1.82, 2.24) is 29.5 Å². The Labute approximate surface area is 195 Å². The third-order valence-corrected chi connectivity index (χ3v) is 8.01. The first-order valence-electron chi connectivity index (χ1n) is 10.0. The molecule has 0 saturated heterocycles. The van der Waals surface area contributed by atoms with E-state index in [2.05, 4.69) is 20.6 Å². The number of hydrogen-bond acceptors (Lipinski definition) is 9. The first-order chi connectivity index (χ1) is 15.5. The largest absolute Gasteiger partial charge is 0.300 e. The second kappa shape index (κ2) is 8.68. The van der Waals surface area contributed by atoms with Crippen LogP contribution >= 0.6 is 34.9 Å². The minimum atomic E-state index is -0.279. The number of nitrogens with one attached hydrogen (secondary N) is 1. The Bertz CT molecular complexity index is 1380. The summed E-state index contributed by atoms with van der Waals surface area (Å²) in [7, 11) is 0. The summed E-state index contributed by atoms with van der Waals surface area (Å²) in [6.45, 7) is 4.03. The molecule has 3 aromatic heterocycles. The number of benzene rings is 1. The lowest BCUT2D eigenvalue weighted by atomic mass is 10.2. The fourth-order valence-electron chi connectivity index (χ4n) is 3.58. The first kappa shape index (κ1) is 21.2. The number of amides is 1. The molecule has 0 aliphatic carbocycles. The van der Waals surface area contributed by atoms with Crippen LogP contribution in [0.2, 0.25) is 0 Å². The molecule has 164 valence electrons. The Kier molecular flexibility index (Phi) is 5.74. The number of fused-ring (bicyclic) bond motifs is 2. The molecule has 1 aliphatic rings. The van der Waals surface area contributed by atoms with E-state index in [-0.39, 0.29) is 23.9 Å². The molecule has 0 radical (unpaired) electrons. The van der Waals surface area contributed by atoms with E-state index in [1.54, 1.807) is 27.2 Å². The van der Waals surface area contributed by atoms with Gasteiger partial charge in [-0.3, -0.25) is 14.2 Å². The maximum absolute atomic E-state index is 13.3. The van der Waals surface area contributed by atoms with Gasteiger partial charge in [0.25, 0.3) is 5.56 Å². The molecular formula is C20H19N7O2S3. The third-order valence-electron chi connectivity index (χ3n) is 5.06. The van der Waals surface area contributed by atoms with Gasteiger partial charge in [0.1, 0.15) is 5.39 Å². The molecule has 32 heavy (non-hydrogen) atoms. The molecule has 5 rings (SSSR count). The van der Waals surface area contributed by atoms with Gasteiger partial charge in [0.05, 0.1) is 17.9 Å². The minimum absolute atomic E-state index is 0.162. The summed E-state index contributed by atoms with van der Waals surface area (Å²) in [5, 5.41) is 16.8. The SMILES string of the molecule is CCSc1nnc(NC(=O)CC2CSc3nc4c(cnn4-c4ccccc4C)c(=O)n32)s1.